The number of nitrogens with zero attached hydrogens (tertiary/aromatic N) is 5. The molecule has 0 aliphatic heterocycles. The number of anilines is 2. The van der Waals surface area contributed by atoms with Crippen LogP contribution in [0.5, 0.6) is 5.75 Å². The summed E-state index contributed by atoms with van der Waals surface area (Å²) in [5.74, 6) is 0.820. The van der Waals surface area contributed by atoms with Crippen molar-refractivity contribution in [3.63, 3.8) is 0 Å². The number of ether oxygens (including phenoxy) is 2. The van der Waals surface area contributed by atoms with E-state index in [1.165, 1.54) is 13.4 Å². The van der Waals surface area contributed by atoms with Crippen LogP contribution in [-0.4, -0.2) is 43.2 Å². The van der Waals surface area contributed by atoms with E-state index >= 15 is 0 Å². The largest absolute Gasteiger partial charge is 0.495 e. The minimum atomic E-state index is -0.610. The Hall–Kier alpha value is -4.08. The number of carbonyl (C=O) groups excluding carboxylic acids is 1. The van der Waals surface area contributed by atoms with Crippen LogP contribution >= 0.6 is 0 Å². The molecule has 4 rings (SSSR count). The second-order valence-electron chi connectivity index (χ2n) is 8.45. The van der Waals surface area contributed by atoms with Crippen LogP contribution in [0, 0.1) is 0 Å². The van der Waals surface area contributed by atoms with E-state index in [1.54, 1.807) is 31.4 Å². The minimum Gasteiger partial charge on any atom is -0.495 e. The number of aryl methyl sites for hydroxylation is 1. The molecule has 0 aliphatic rings. The second kappa shape index (κ2) is 8.45. The van der Waals surface area contributed by atoms with Crippen LogP contribution in [0.4, 0.5) is 16.3 Å². The summed E-state index contributed by atoms with van der Waals surface area (Å²) < 4.78 is 14.5. The van der Waals surface area contributed by atoms with Gasteiger partial charge in [0.1, 0.15) is 28.9 Å². The molecule has 0 saturated carbocycles. The molecule has 3 N–H and O–H groups in total. The lowest BCUT2D eigenvalue weighted by Crippen LogP contribution is -2.27. The van der Waals surface area contributed by atoms with Crippen molar-refractivity contribution in [1.29, 1.82) is 0 Å². The summed E-state index contributed by atoms with van der Waals surface area (Å²) in [4.78, 5) is 16.4. The molecule has 4 aromatic rings. The molecule has 3 heterocycles. The number of aromatic nitrogens is 5. The van der Waals surface area contributed by atoms with E-state index < -0.39 is 11.7 Å². The fraction of sp³-hybridized carbons (Fsp3) is 0.304. The van der Waals surface area contributed by atoms with Gasteiger partial charge < -0.3 is 15.2 Å². The van der Waals surface area contributed by atoms with Gasteiger partial charge in [-0.2, -0.15) is 10.2 Å². The highest BCUT2D eigenvalue weighted by molar-refractivity contribution is 5.93. The molecule has 10 nitrogen and oxygen atoms in total. The highest BCUT2D eigenvalue weighted by Crippen LogP contribution is 2.37. The lowest BCUT2D eigenvalue weighted by molar-refractivity contribution is 0.0635. The molecule has 10 heteroatoms. The molecule has 0 aliphatic carbocycles. The number of carbonyl (C=O) groups is 1. The molecule has 0 unspecified atom stereocenters. The van der Waals surface area contributed by atoms with Crippen molar-refractivity contribution >= 4 is 23.1 Å². The predicted octanol–water partition coefficient (Wildman–Crippen LogP) is 4.22. The molecule has 0 spiro atoms. The van der Waals surface area contributed by atoms with E-state index in [4.69, 9.17) is 15.2 Å². The predicted molar refractivity (Wildman–Crippen MR) is 126 cm³/mol. The van der Waals surface area contributed by atoms with E-state index in [0.29, 0.717) is 22.8 Å². The Labute approximate surface area is 191 Å². The average molecular weight is 450 g/mol. The molecule has 33 heavy (non-hydrogen) atoms. The van der Waals surface area contributed by atoms with Crippen molar-refractivity contribution in [3.05, 3.63) is 42.9 Å². The normalized spacial score (nSPS) is 11.5. The standard InChI is InChI=1S/C23H27N7O3/c1-6-29-10-9-16(28-29)18-12-15(20-21(24)25-13-26-30(18)20)14-7-8-17(19(11-14)32-5)27-22(31)33-23(2,3)4/h7-13H,6H2,1-5H3,(H,27,31)(H2,24,25,26). The van der Waals surface area contributed by atoms with E-state index in [1.807, 2.05) is 42.1 Å². The first kappa shape index (κ1) is 22.1. The molecule has 172 valence electrons. The maximum atomic E-state index is 12.2. The number of rotatable bonds is 5. The molecular formula is C23H27N7O3. The maximum Gasteiger partial charge on any atom is 0.412 e. The van der Waals surface area contributed by atoms with E-state index in [9.17, 15) is 4.79 Å². The molecule has 1 amide bonds. The summed E-state index contributed by atoms with van der Waals surface area (Å²) in [6.45, 7) is 8.20. The summed E-state index contributed by atoms with van der Waals surface area (Å²) >= 11 is 0. The van der Waals surface area contributed by atoms with Crippen molar-refractivity contribution in [2.75, 3.05) is 18.2 Å². The third-order valence-electron chi connectivity index (χ3n) is 4.96. The summed E-state index contributed by atoms with van der Waals surface area (Å²) in [7, 11) is 1.54. The smallest absolute Gasteiger partial charge is 0.412 e. The molecule has 0 fully saturated rings. The Morgan fingerprint density at radius 3 is 2.67 bits per heavy atom. The Balaban J connectivity index is 1.78. The van der Waals surface area contributed by atoms with Gasteiger partial charge in [0, 0.05) is 18.3 Å². The highest BCUT2D eigenvalue weighted by atomic mass is 16.6. The van der Waals surface area contributed by atoms with E-state index in [0.717, 1.165) is 29.1 Å². The minimum absolute atomic E-state index is 0.344. The SMILES string of the molecule is CCn1ccc(-c2cc(-c3ccc(NC(=O)OC(C)(C)C)c(OC)c3)c3c(N)ncnn23)n1. The zero-order chi connectivity index (χ0) is 23.8. The molecule has 0 bridgehead atoms. The van der Waals surface area contributed by atoms with Gasteiger partial charge in [0.25, 0.3) is 0 Å². The Morgan fingerprint density at radius 2 is 2.00 bits per heavy atom. The van der Waals surface area contributed by atoms with Crippen LogP contribution in [0.3, 0.4) is 0 Å². The van der Waals surface area contributed by atoms with E-state index in [2.05, 4.69) is 20.5 Å². The lowest BCUT2D eigenvalue weighted by atomic mass is 10.1. The van der Waals surface area contributed by atoms with Gasteiger partial charge in [-0.05, 0) is 57.5 Å². The zero-order valence-electron chi connectivity index (χ0n) is 19.3. The topological polar surface area (TPSA) is 122 Å². The molecule has 0 atom stereocenters. The van der Waals surface area contributed by atoms with Crippen molar-refractivity contribution in [3.8, 4) is 28.3 Å². The van der Waals surface area contributed by atoms with Crippen molar-refractivity contribution in [2.24, 2.45) is 0 Å². The van der Waals surface area contributed by atoms with Crippen LogP contribution in [-0.2, 0) is 11.3 Å². The fourth-order valence-electron chi connectivity index (χ4n) is 3.52. The number of nitrogens with two attached hydrogens (primary N) is 1. The Kier molecular flexibility index (Phi) is 5.67. The zero-order valence-corrected chi connectivity index (χ0v) is 19.3. The number of hydrogen-bond donors (Lipinski definition) is 2. The van der Waals surface area contributed by atoms with Gasteiger partial charge in [-0.3, -0.25) is 10.00 Å². The molecule has 1 aromatic carbocycles. The monoisotopic (exact) mass is 449 g/mol. The number of methoxy groups -OCH3 is 1. The molecule has 0 radical (unpaired) electrons. The van der Waals surface area contributed by atoms with Crippen LogP contribution in [0.15, 0.2) is 42.9 Å². The van der Waals surface area contributed by atoms with Crippen LogP contribution in [0.1, 0.15) is 27.7 Å². The number of hydrogen-bond acceptors (Lipinski definition) is 7. The molecule has 0 saturated heterocycles. The number of nitrogen functional groups attached to an aromatic ring is 1. The van der Waals surface area contributed by atoms with Gasteiger partial charge in [0.15, 0.2) is 5.82 Å². The van der Waals surface area contributed by atoms with Crippen LogP contribution in [0.25, 0.3) is 28.0 Å². The number of fused-ring (bicyclic) bond motifs is 1. The van der Waals surface area contributed by atoms with Crippen LogP contribution < -0.4 is 15.8 Å². The van der Waals surface area contributed by atoms with Gasteiger partial charge in [0.2, 0.25) is 0 Å². The van der Waals surface area contributed by atoms with Crippen molar-refractivity contribution < 1.29 is 14.3 Å². The number of nitrogens with one attached hydrogen (secondary N) is 1. The fourth-order valence-corrected chi connectivity index (χ4v) is 3.52. The van der Waals surface area contributed by atoms with Gasteiger partial charge in [-0.15, -0.1) is 0 Å². The number of amides is 1. The molecule has 3 aromatic heterocycles. The van der Waals surface area contributed by atoms with Crippen molar-refractivity contribution in [2.45, 2.75) is 39.8 Å². The number of benzene rings is 1. The van der Waals surface area contributed by atoms with Gasteiger partial charge in [-0.1, -0.05) is 6.07 Å². The first-order chi connectivity index (χ1) is 15.7. The Morgan fingerprint density at radius 1 is 1.21 bits per heavy atom. The second-order valence-corrected chi connectivity index (χ2v) is 8.45. The third-order valence-corrected chi connectivity index (χ3v) is 4.96. The third kappa shape index (κ3) is 4.45. The van der Waals surface area contributed by atoms with Crippen LogP contribution in [0.2, 0.25) is 0 Å². The van der Waals surface area contributed by atoms with E-state index in [-0.39, 0.29) is 0 Å². The van der Waals surface area contributed by atoms with Gasteiger partial charge >= 0.3 is 6.09 Å². The summed E-state index contributed by atoms with van der Waals surface area (Å²) in [6.07, 6.45) is 2.77. The summed E-state index contributed by atoms with van der Waals surface area (Å²) in [6, 6.07) is 9.35. The van der Waals surface area contributed by atoms with Gasteiger partial charge in [-0.25, -0.2) is 14.3 Å². The highest BCUT2D eigenvalue weighted by Gasteiger charge is 2.21. The molecular weight excluding hydrogens is 422 g/mol. The average Bonchev–Trinajstić information content (AvgIpc) is 3.38. The first-order valence-corrected chi connectivity index (χ1v) is 10.5. The lowest BCUT2D eigenvalue weighted by Gasteiger charge is -2.20. The Bertz CT molecular complexity index is 1320. The summed E-state index contributed by atoms with van der Waals surface area (Å²) in [5, 5.41) is 11.7. The van der Waals surface area contributed by atoms with Gasteiger partial charge in [0.05, 0.1) is 18.5 Å². The van der Waals surface area contributed by atoms with Crippen molar-refractivity contribution in [1.82, 2.24) is 24.4 Å². The summed E-state index contributed by atoms with van der Waals surface area (Å²) in [5.41, 5.74) is 9.98. The maximum absolute atomic E-state index is 12.2. The quantitative estimate of drug-likeness (QED) is 0.468. The first-order valence-electron chi connectivity index (χ1n) is 10.5.